The van der Waals surface area contributed by atoms with E-state index in [9.17, 15) is 13.2 Å². The third kappa shape index (κ3) is 4.90. The largest absolute Gasteiger partial charge is 0.325 e. The minimum absolute atomic E-state index is 0.222. The first-order valence-electron chi connectivity index (χ1n) is 7.77. The van der Waals surface area contributed by atoms with Crippen molar-refractivity contribution in [3.8, 4) is 0 Å². The number of carbonyl (C=O) groups is 1. The average molecular weight is 425 g/mol. The van der Waals surface area contributed by atoms with Crippen LogP contribution in [0, 0.1) is 20.8 Å². The Balaban J connectivity index is 2.18. The molecule has 1 unspecified atom stereocenters. The normalized spacial score (nSPS) is 12.7. The van der Waals surface area contributed by atoms with Gasteiger partial charge in [-0.05, 0) is 57.0 Å². The Morgan fingerprint density at radius 1 is 1.08 bits per heavy atom. The zero-order valence-corrected chi connectivity index (χ0v) is 17.0. The fourth-order valence-corrected chi connectivity index (χ4v) is 4.81. The number of anilines is 1. The number of nitrogens with one attached hydrogen (secondary N) is 2. The summed E-state index contributed by atoms with van der Waals surface area (Å²) < 4.78 is 28.7. The molecule has 2 rings (SSSR count). The Labute approximate surface area is 157 Å². The van der Waals surface area contributed by atoms with Gasteiger partial charge in [-0.25, -0.2) is 8.42 Å². The molecule has 2 N–H and O–H groups in total. The van der Waals surface area contributed by atoms with Crippen molar-refractivity contribution < 1.29 is 13.2 Å². The first-order chi connectivity index (χ1) is 11.6. The van der Waals surface area contributed by atoms with Gasteiger partial charge in [-0.3, -0.25) is 4.79 Å². The minimum atomic E-state index is -3.80. The molecule has 0 saturated heterocycles. The topological polar surface area (TPSA) is 75.3 Å². The zero-order chi connectivity index (χ0) is 18.8. The smallest absolute Gasteiger partial charge is 0.242 e. The Hall–Kier alpha value is -1.70. The van der Waals surface area contributed by atoms with E-state index in [1.165, 1.54) is 6.92 Å². The average Bonchev–Trinajstić information content (AvgIpc) is 2.44. The number of benzene rings is 2. The van der Waals surface area contributed by atoms with Gasteiger partial charge in [0.1, 0.15) is 0 Å². The first kappa shape index (κ1) is 19.6. The van der Waals surface area contributed by atoms with E-state index in [1.54, 1.807) is 32.0 Å². The lowest BCUT2D eigenvalue weighted by Crippen LogP contribution is -2.41. The molecular formula is C18H21BrN2O3S. The van der Waals surface area contributed by atoms with Crippen molar-refractivity contribution in [3.05, 3.63) is 57.6 Å². The van der Waals surface area contributed by atoms with Crippen LogP contribution in [0.25, 0.3) is 0 Å². The van der Waals surface area contributed by atoms with Crippen molar-refractivity contribution in [1.29, 1.82) is 0 Å². The highest BCUT2D eigenvalue weighted by Crippen LogP contribution is 2.22. The molecular weight excluding hydrogens is 404 g/mol. The monoisotopic (exact) mass is 424 g/mol. The Bertz CT molecular complexity index is 887. The second kappa shape index (κ2) is 7.68. The van der Waals surface area contributed by atoms with E-state index in [0.717, 1.165) is 10.0 Å². The number of carbonyl (C=O) groups excluding carboxylic acids is 1. The van der Waals surface area contributed by atoms with Crippen molar-refractivity contribution in [2.45, 2.75) is 38.6 Å². The van der Waals surface area contributed by atoms with Crippen LogP contribution < -0.4 is 10.0 Å². The molecule has 0 bridgehead atoms. The van der Waals surface area contributed by atoms with Gasteiger partial charge < -0.3 is 5.32 Å². The fourth-order valence-electron chi connectivity index (χ4n) is 2.75. The molecule has 0 aromatic heterocycles. The summed E-state index contributed by atoms with van der Waals surface area (Å²) in [5.41, 5.74) is 2.90. The number of aryl methyl sites for hydroxylation is 3. The molecule has 2 aromatic rings. The first-order valence-corrected chi connectivity index (χ1v) is 10.0. The van der Waals surface area contributed by atoms with E-state index in [4.69, 9.17) is 0 Å². The maximum atomic E-state index is 12.7. The molecule has 0 aliphatic carbocycles. The van der Waals surface area contributed by atoms with E-state index < -0.39 is 22.0 Å². The molecule has 7 heteroatoms. The summed E-state index contributed by atoms with van der Waals surface area (Å²) in [7, 11) is -3.80. The lowest BCUT2D eigenvalue weighted by molar-refractivity contribution is -0.117. The zero-order valence-electron chi connectivity index (χ0n) is 14.6. The Morgan fingerprint density at radius 2 is 1.68 bits per heavy atom. The van der Waals surface area contributed by atoms with E-state index in [2.05, 4.69) is 26.0 Å². The molecule has 2 aromatic carbocycles. The van der Waals surface area contributed by atoms with Gasteiger partial charge in [-0.2, -0.15) is 4.72 Å². The molecule has 0 aliphatic rings. The molecule has 1 atom stereocenters. The van der Waals surface area contributed by atoms with Crippen molar-refractivity contribution >= 4 is 37.5 Å². The van der Waals surface area contributed by atoms with Crippen LogP contribution in [0.15, 0.2) is 45.8 Å². The highest BCUT2D eigenvalue weighted by atomic mass is 79.9. The van der Waals surface area contributed by atoms with Crippen LogP contribution in [0.2, 0.25) is 0 Å². The van der Waals surface area contributed by atoms with Crippen molar-refractivity contribution in [1.82, 2.24) is 4.72 Å². The number of hydrogen-bond donors (Lipinski definition) is 2. The standard InChI is InChI=1S/C18H21BrN2O3S/c1-11-8-12(2)17(13(3)9-11)25(23,24)21-14(4)18(22)20-16-7-5-6-15(19)10-16/h5-10,14,21H,1-4H3,(H,20,22). The second-order valence-electron chi connectivity index (χ2n) is 6.07. The van der Waals surface area contributed by atoms with Crippen molar-refractivity contribution in [2.24, 2.45) is 0 Å². The summed E-state index contributed by atoms with van der Waals surface area (Å²) in [5, 5.41) is 2.70. The highest BCUT2D eigenvalue weighted by Gasteiger charge is 2.25. The fraction of sp³-hybridized carbons (Fsp3) is 0.278. The van der Waals surface area contributed by atoms with Crippen LogP contribution in [0.5, 0.6) is 0 Å². The van der Waals surface area contributed by atoms with Gasteiger partial charge in [0, 0.05) is 10.2 Å². The summed E-state index contributed by atoms with van der Waals surface area (Å²) in [4.78, 5) is 12.5. The number of hydrogen-bond acceptors (Lipinski definition) is 3. The lowest BCUT2D eigenvalue weighted by Gasteiger charge is -2.17. The molecule has 0 fully saturated rings. The van der Waals surface area contributed by atoms with Gasteiger partial charge in [-0.1, -0.05) is 39.7 Å². The maximum absolute atomic E-state index is 12.7. The van der Waals surface area contributed by atoms with Crippen LogP contribution in [-0.2, 0) is 14.8 Å². The summed E-state index contributed by atoms with van der Waals surface area (Å²) in [6.45, 7) is 6.93. The molecule has 5 nitrogen and oxygen atoms in total. The van der Waals surface area contributed by atoms with E-state index in [0.29, 0.717) is 16.8 Å². The summed E-state index contributed by atoms with van der Waals surface area (Å²) in [6, 6.07) is 9.81. The third-order valence-electron chi connectivity index (χ3n) is 3.69. The summed E-state index contributed by atoms with van der Waals surface area (Å²) in [6.07, 6.45) is 0. The molecule has 1 amide bonds. The Morgan fingerprint density at radius 3 is 2.24 bits per heavy atom. The van der Waals surface area contributed by atoms with E-state index in [1.807, 2.05) is 25.1 Å². The molecule has 0 radical (unpaired) electrons. The molecule has 0 saturated carbocycles. The van der Waals surface area contributed by atoms with Crippen LogP contribution in [0.3, 0.4) is 0 Å². The molecule has 0 aliphatic heterocycles. The predicted octanol–water partition coefficient (Wildman–Crippen LogP) is 3.68. The number of sulfonamides is 1. The van der Waals surface area contributed by atoms with Gasteiger partial charge in [0.15, 0.2) is 0 Å². The lowest BCUT2D eigenvalue weighted by atomic mass is 10.1. The second-order valence-corrected chi connectivity index (χ2v) is 8.64. The summed E-state index contributed by atoms with van der Waals surface area (Å²) in [5.74, 6) is -0.427. The molecule has 0 spiro atoms. The highest BCUT2D eigenvalue weighted by molar-refractivity contribution is 9.10. The van der Waals surface area contributed by atoms with Gasteiger partial charge in [0.2, 0.25) is 15.9 Å². The number of amides is 1. The van der Waals surface area contributed by atoms with Gasteiger partial charge in [0.25, 0.3) is 0 Å². The van der Waals surface area contributed by atoms with Crippen LogP contribution in [-0.4, -0.2) is 20.4 Å². The Kier molecular flexibility index (Phi) is 6.03. The van der Waals surface area contributed by atoms with Gasteiger partial charge in [-0.15, -0.1) is 0 Å². The van der Waals surface area contributed by atoms with Gasteiger partial charge >= 0.3 is 0 Å². The molecule has 134 valence electrons. The van der Waals surface area contributed by atoms with E-state index >= 15 is 0 Å². The van der Waals surface area contributed by atoms with Crippen LogP contribution in [0.4, 0.5) is 5.69 Å². The van der Waals surface area contributed by atoms with Crippen LogP contribution in [0.1, 0.15) is 23.6 Å². The van der Waals surface area contributed by atoms with Crippen molar-refractivity contribution in [2.75, 3.05) is 5.32 Å². The number of rotatable bonds is 5. The third-order valence-corrected chi connectivity index (χ3v) is 6.03. The maximum Gasteiger partial charge on any atom is 0.242 e. The molecule has 25 heavy (non-hydrogen) atoms. The van der Waals surface area contributed by atoms with Crippen molar-refractivity contribution in [3.63, 3.8) is 0 Å². The van der Waals surface area contributed by atoms with Gasteiger partial charge in [0.05, 0.1) is 10.9 Å². The minimum Gasteiger partial charge on any atom is -0.325 e. The van der Waals surface area contributed by atoms with Crippen LogP contribution >= 0.6 is 15.9 Å². The summed E-state index contributed by atoms with van der Waals surface area (Å²) >= 11 is 3.33. The van der Waals surface area contributed by atoms with E-state index in [-0.39, 0.29) is 4.90 Å². The predicted molar refractivity (Wildman–Crippen MR) is 103 cm³/mol. The quantitative estimate of drug-likeness (QED) is 0.768. The number of halogens is 1. The molecule has 0 heterocycles. The SMILES string of the molecule is Cc1cc(C)c(S(=O)(=O)NC(C)C(=O)Nc2cccc(Br)c2)c(C)c1.